The first kappa shape index (κ1) is 13.8. The van der Waals surface area contributed by atoms with Crippen molar-refractivity contribution < 1.29 is 9.90 Å². The first-order chi connectivity index (χ1) is 9.15. The minimum atomic E-state index is -0.0557. The quantitative estimate of drug-likeness (QED) is 0.588. The van der Waals surface area contributed by atoms with Crippen molar-refractivity contribution in [3.8, 4) is 5.75 Å². The van der Waals surface area contributed by atoms with Crippen LogP contribution in [-0.2, 0) is 4.79 Å². The van der Waals surface area contributed by atoms with Crippen LogP contribution < -0.4 is 10.6 Å². The number of amides is 1. The Labute approximate surface area is 118 Å². The zero-order valence-corrected chi connectivity index (χ0v) is 11.5. The summed E-state index contributed by atoms with van der Waals surface area (Å²) in [4.78, 5) is 11.8. The van der Waals surface area contributed by atoms with Gasteiger partial charge >= 0.3 is 0 Å². The molecule has 0 heterocycles. The number of carbonyl (C=O) groups excluding carboxylic acids is 1. The molecule has 1 aromatic rings. The van der Waals surface area contributed by atoms with E-state index in [-0.39, 0.29) is 16.8 Å². The molecule has 102 valence electrons. The Bertz CT molecular complexity index is 470. The topological polar surface area (TPSA) is 61.4 Å². The highest BCUT2D eigenvalue weighted by atomic mass is 32.1. The average molecular weight is 278 g/mol. The van der Waals surface area contributed by atoms with Crippen LogP contribution in [0, 0.1) is 5.92 Å². The lowest BCUT2D eigenvalue weighted by Crippen LogP contribution is -2.34. The van der Waals surface area contributed by atoms with E-state index in [2.05, 4.69) is 10.6 Å². The van der Waals surface area contributed by atoms with Crippen LogP contribution in [0.15, 0.2) is 24.3 Å². The fourth-order valence-electron chi connectivity index (χ4n) is 2.39. The largest absolute Gasteiger partial charge is 0.506 e. The van der Waals surface area contributed by atoms with E-state index < -0.39 is 0 Å². The molecule has 1 aliphatic rings. The molecule has 2 rings (SSSR count). The van der Waals surface area contributed by atoms with E-state index in [0.29, 0.717) is 18.0 Å². The average Bonchev–Trinajstić information content (AvgIpc) is 2.84. The van der Waals surface area contributed by atoms with Gasteiger partial charge in [-0.15, -0.1) is 0 Å². The monoisotopic (exact) mass is 278 g/mol. The molecule has 0 radical (unpaired) electrons. The maximum Gasteiger partial charge on any atom is 0.226 e. The summed E-state index contributed by atoms with van der Waals surface area (Å²) in [5.74, 6) is 0.544. The van der Waals surface area contributed by atoms with Crippen LogP contribution in [0.1, 0.15) is 32.1 Å². The molecule has 0 bridgehead atoms. The highest BCUT2D eigenvalue weighted by molar-refractivity contribution is 7.80. The van der Waals surface area contributed by atoms with Gasteiger partial charge in [-0.3, -0.25) is 4.79 Å². The number of para-hydroxylation sites is 2. The molecule has 1 fully saturated rings. The number of phenolic OH excluding ortho intramolecular Hbond substituents is 1. The molecule has 3 N–H and O–H groups in total. The maximum absolute atomic E-state index is 11.8. The predicted octanol–water partition coefficient (Wildman–Crippen LogP) is 2.79. The molecule has 0 atom stereocenters. The molecule has 5 heteroatoms. The summed E-state index contributed by atoms with van der Waals surface area (Å²) in [6.07, 6.45) is 5.24. The lowest BCUT2D eigenvalue weighted by atomic mass is 10.0. The van der Waals surface area contributed by atoms with Crippen LogP contribution >= 0.6 is 12.2 Å². The lowest BCUT2D eigenvalue weighted by molar-refractivity contribution is -0.120. The zero-order valence-electron chi connectivity index (χ0n) is 10.7. The number of aromatic hydroxyl groups is 1. The Morgan fingerprint density at radius 3 is 2.68 bits per heavy atom. The smallest absolute Gasteiger partial charge is 0.226 e. The second kappa shape index (κ2) is 6.52. The van der Waals surface area contributed by atoms with E-state index in [1.807, 2.05) is 0 Å². The van der Waals surface area contributed by atoms with Crippen LogP contribution in [0.2, 0.25) is 0 Å². The summed E-state index contributed by atoms with van der Waals surface area (Å²) in [5, 5.41) is 15.3. The molecule has 1 aromatic carbocycles. The maximum atomic E-state index is 11.8. The molecule has 1 amide bonds. The van der Waals surface area contributed by atoms with Crippen LogP contribution in [0.5, 0.6) is 5.75 Å². The van der Waals surface area contributed by atoms with Gasteiger partial charge in [-0.1, -0.05) is 25.0 Å². The highest BCUT2D eigenvalue weighted by Crippen LogP contribution is 2.27. The summed E-state index contributed by atoms with van der Waals surface area (Å²) in [5.41, 5.74) is 0.494. The summed E-state index contributed by atoms with van der Waals surface area (Å²) < 4.78 is 0. The molecule has 0 spiro atoms. The van der Waals surface area contributed by atoms with Gasteiger partial charge in [0.1, 0.15) is 5.75 Å². The Morgan fingerprint density at radius 1 is 1.32 bits per heavy atom. The van der Waals surface area contributed by atoms with Gasteiger partial charge in [-0.25, -0.2) is 0 Å². The Hall–Kier alpha value is -1.62. The fraction of sp³-hybridized carbons (Fsp3) is 0.429. The van der Waals surface area contributed by atoms with Crippen LogP contribution in [-0.4, -0.2) is 16.1 Å². The summed E-state index contributed by atoms with van der Waals surface area (Å²) >= 11 is 5.06. The highest BCUT2D eigenvalue weighted by Gasteiger charge is 2.18. The predicted molar refractivity (Wildman–Crippen MR) is 79.0 cm³/mol. The Kier molecular flexibility index (Phi) is 4.74. The normalized spacial score (nSPS) is 15.2. The van der Waals surface area contributed by atoms with Gasteiger partial charge in [0, 0.05) is 6.42 Å². The fourth-order valence-corrected chi connectivity index (χ4v) is 2.61. The van der Waals surface area contributed by atoms with Crippen LogP contribution in [0.3, 0.4) is 0 Å². The molecule has 19 heavy (non-hydrogen) atoms. The van der Waals surface area contributed by atoms with Crippen molar-refractivity contribution in [2.24, 2.45) is 5.92 Å². The molecule has 1 aliphatic carbocycles. The second-order valence-electron chi connectivity index (χ2n) is 4.87. The number of anilines is 1. The van der Waals surface area contributed by atoms with Gasteiger partial charge in [0.15, 0.2) is 5.11 Å². The molecule has 1 saturated carbocycles. The standard InChI is InChI=1S/C14H18N2O2S/c17-12-8-4-3-7-11(12)15-14(19)16-13(18)9-10-5-1-2-6-10/h3-4,7-8,10,17H,1-2,5-6,9H2,(H2,15,16,18,19). The van der Waals surface area contributed by atoms with E-state index in [0.717, 1.165) is 12.8 Å². The lowest BCUT2D eigenvalue weighted by Gasteiger charge is -2.12. The van der Waals surface area contributed by atoms with Crippen molar-refractivity contribution >= 4 is 28.9 Å². The van der Waals surface area contributed by atoms with Gasteiger partial charge in [-0.2, -0.15) is 0 Å². The molecule has 0 unspecified atom stereocenters. The Morgan fingerprint density at radius 2 is 2.00 bits per heavy atom. The van der Waals surface area contributed by atoms with Gasteiger partial charge in [0.25, 0.3) is 0 Å². The van der Waals surface area contributed by atoms with Crippen molar-refractivity contribution in [2.45, 2.75) is 32.1 Å². The Balaban J connectivity index is 1.80. The van der Waals surface area contributed by atoms with Gasteiger partial charge in [0.05, 0.1) is 5.69 Å². The van der Waals surface area contributed by atoms with Crippen molar-refractivity contribution in [1.82, 2.24) is 5.32 Å². The summed E-state index contributed by atoms with van der Waals surface area (Å²) in [6, 6.07) is 6.77. The van der Waals surface area contributed by atoms with Gasteiger partial charge < -0.3 is 15.7 Å². The van der Waals surface area contributed by atoms with Crippen LogP contribution in [0.4, 0.5) is 5.69 Å². The number of thiocarbonyl (C=S) groups is 1. The molecular weight excluding hydrogens is 260 g/mol. The third-order valence-corrected chi connectivity index (χ3v) is 3.56. The first-order valence-corrected chi connectivity index (χ1v) is 6.95. The molecule has 4 nitrogen and oxygen atoms in total. The van der Waals surface area contributed by atoms with Gasteiger partial charge in [0.2, 0.25) is 5.91 Å². The molecular formula is C14H18N2O2S. The number of carbonyl (C=O) groups is 1. The van der Waals surface area contributed by atoms with Crippen molar-refractivity contribution in [1.29, 1.82) is 0 Å². The van der Waals surface area contributed by atoms with Crippen molar-refractivity contribution in [3.63, 3.8) is 0 Å². The minimum Gasteiger partial charge on any atom is -0.506 e. The molecule has 0 aromatic heterocycles. The van der Waals surface area contributed by atoms with E-state index >= 15 is 0 Å². The van der Waals surface area contributed by atoms with Crippen molar-refractivity contribution in [2.75, 3.05) is 5.32 Å². The SMILES string of the molecule is O=C(CC1CCCC1)NC(=S)Nc1ccccc1O. The molecule has 0 saturated heterocycles. The van der Waals surface area contributed by atoms with Gasteiger partial charge in [-0.05, 0) is 43.1 Å². The van der Waals surface area contributed by atoms with E-state index in [4.69, 9.17) is 12.2 Å². The van der Waals surface area contributed by atoms with Crippen molar-refractivity contribution in [3.05, 3.63) is 24.3 Å². The number of phenols is 1. The zero-order chi connectivity index (χ0) is 13.7. The summed E-state index contributed by atoms with van der Waals surface area (Å²) in [7, 11) is 0. The number of hydrogen-bond acceptors (Lipinski definition) is 3. The third kappa shape index (κ3) is 4.21. The van der Waals surface area contributed by atoms with E-state index in [1.54, 1.807) is 24.3 Å². The number of benzene rings is 1. The second-order valence-corrected chi connectivity index (χ2v) is 5.28. The third-order valence-electron chi connectivity index (χ3n) is 3.35. The van der Waals surface area contributed by atoms with Crippen LogP contribution in [0.25, 0.3) is 0 Å². The summed E-state index contributed by atoms with van der Waals surface area (Å²) in [6.45, 7) is 0. The number of rotatable bonds is 3. The molecule has 0 aliphatic heterocycles. The number of nitrogens with one attached hydrogen (secondary N) is 2. The van der Waals surface area contributed by atoms with E-state index in [9.17, 15) is 9.90 Å². The minimum absolute atomic E-state index is 0.0557. The number of hydrogen-bond donors (Lipinski definition) is 3. The first-order valence-electron chi connectivity index (χ1n) is 6.54. The van der Waals surface area contributed by atoms with E-state index in [1.165, 1.54) is 12.8 Å².